The van der Waals surface area contributed by atoms with Gasteiger partial charge in [0, 0.05) is 11.1 Å². The molecule has 1 amide bonds. The lowest BCUT2D eigenvalue weighted by Crippen LogP contribution is -2.18. The Balaban J connectivity index is 2.06. The fourth-order valence-corrected chi connectivity index (χ4v) is 2.16. The van der Waals surface area contributed by atoms with Crippen LogP contribution in [0.2, 0.25) is 0 Å². The molecule has 146 valence electrons. The molecule has 0 heterocycles. The third-order valence-corrected chi connectivity index (χ3v) is 3.42. The summed E-state index contributed by atoms with van der Waals surface area (Å²) < 4.78 is 15.8. The zero-order valence-electron chi connectivity index (χ0n) is 15.3. The van der Waals surface area contributed by atoms with E-state index in [0.717, 1.165) is 0 Å². The zero-order valence-corrected chi connectivity index (χ0v) is 15.3. The largest absolute Gasteiger partial charge is 0.493 e. The van der Waals surface area contributed by atoms with Crippen LogP contribution in [-0.4, -0.2) is 43.5 Å². The number of hydrogen-bond acceptors (Lipinski definition) is 6. The van der Waals surface area contributed by atoms with Gasteiger partial charge in [-0.1, -0.05) is 24.8 Å². The van der Waals surface area contributed by atoms with Crippen LogP contribution < -0.4 is 19.6 Å². The Morgan fingerprint density at radius 1 is 1.14 bits per heavy atom. The number of nitrogens with zero attached hydrogens (tertiary/aromatic N) is 1. The summed E-state index contributed by atoms with van der Waals surface area (Å²) in [5.74, 6) is -0.297. The first-order valence-electron chi connectivity index (χ1n) is 8.24. The van der Waals surface area contributed by atoms with E-state index in [-0.39, 0.29) is 0 Å². The van der Waals surface area contributed by atoms with Crippen LogP contribution in [0, 0.1) is 0 Å². The number of carbonyl (C=O) groups is 2. The van der Waals surface area contributed by atoms with Gasteiger partial charge in [0.2, 0.25) is 0 Å². The van der Waals surface area contributed by atoms with E-state index in [1.54, 1.807) is 42.5 Å². The lowest BCUT2D eigenvalue weighted by Gasteiger charge is -2.10. The molecule has 0 fully saturated rings. The predicted molar refractivity (Wildman–Crippen MR) is 103 cm³/mol. The second-order valence-corrected chi connectivity index (χ2v) is 5.38. The van der Waals surface area contributed by atoms with Gasteiger partial charge in [-0.25, -0.2) is 10.2 Å². The van der Waals surface area contributed by atoms with E-state index in [2.05, 4.69) is 17.1 Å². The fourth-order valence-electron chi connectivity index (χ4n) is 2.16. The van der Waals surface area contributed by atoms with Gasteiger partial charge >= 0.3 is 5.97 Å². The van der Waals surface area contributed by atoms with Crippen LogP contribution in [0.3, 0.4) is 0 Å². The summed E-state index contributed by atoms with van der Waals surface area (Å²) in [5.41, 5.74) is 3.25. The van der Waals surface area contributed by atoms with Crippen molar-refractivity contribution in [2.24, 2.45) is 5.10 Å². The normalized spacial score (nSPS) is 10.3. The summed E-state index contributed by atoms with van der Waals surface area (Å²) in [6.45, 7) is 3.42. The van der Waals surface area contributed by atoms with E-state index in [1.165, 1.54) is 19.4 Å². The van der Waals surface area contributed by atoms with Crippen molar-refractivity contribution in [1.82, 2.24) is 5.43 Å². The number of methoxy groups -OCH3 is 1. The van der Waals surface area contributed by atoms with Crippen LogP contribution in [0.1, 0.15) is 15.9 Å². The fraction of sp³-hybridized carbons (Fsp3) is 0.150. The third-order valence-electron chi connectivity index (χ3n) is 3.42. The van der Waals surface area contributed by atoms with Gasteiger partial charge in [-0.15, -0.1) is 0 Å². The Morgan fingerprint density at radius 2 is 1.93 bits per heavy atom. The van der Waals surface area contributed by atoms with Crippen molar-refractivity contribution in [3.05, 3.63) is 66.2 Å². The Morgan fingerprint density at radius 3 is 2.64 bits per heavy atom. The monoisotopic (exact) mass is 384 g/mol. The highest BCUT2D eigenvalue weighted by Crippen LogP contribution is 2.28. The van der Waals surface area contributed by atoms with E-state index < -0.39 is 18.5 Å². The molecule has 2 aromatic rings. The summed E-state index contributed by atoms with van der Waals surface area (Å²) in [5, 5.41) is 12.6. The Kier molecular flexibility index (Phi) is 7.59. The molecule has 0 atom stereocenters. The maximum atomic E-state index is 12.3. The molecule has 0 aliphatic heterocycles. The van der Waals surface area contributed by atoms with Gasteiger partial charge in [0.25, 0.3) is 5.91 Å². The number of carbonyl (C=O) groups excluding carboxylic acids is 1. The second-order valence-electron chi connectivity index (χ2n) is 5.38. The molecular weight excluding hydrogens is 364 g/mol. The van der Waals surface area contributed by atoms with Gasteiger partial charge in [-0.05, 0) is 30.3 Å². The standard InChI is InChI=1S/C20H20N2O6/c1-3-10-27-17-9-8-14(11-18(17)26-2)20(25)22-21-12-15-6-4-5-7-16(15)28-13-19(23)24/h3-9,11-12H,1,10,13H2,2H3,(H,22,25)(H,23,24)/b21-12+. The maximum absolute atomic E-state index is 12.3. The molecule has 0 radical (unpaired) electrons. The molecule has 8 heteroatoms. The van der Waals surface area contributed by atoms with Crippen LogP contribution in [-0.2, 0) is 4.79 Å². The molecule has 0 bridgehead atoms. The van der Waals surface area contributed by atoms with Gasteiger partial charge < -0.3 is 19.3 Å². The van der Waals surface area contributed by atoms with Gasteiger partial charge in [-0.3, -0.25) is 4.79 Å². The summed E-state index contributed by atoms with van der Waals surface area (Å²) in [6, 6.07) is 11.5. The number of amides is 1. The Labute approximate surface area is 162 Å². The van der Waals surface area contributed by atoms with Gasteiger partial charge in [0.1, 0.15) is 12.4 Å². The minimum Gasteiger partial charge on any atom is -0.493 e. The second kappa shape index (κ2) is 10.4. The highest BCUT2D eigenvalue weighted by Gasteiger charge is 2.11. The van der Waals surface area contributed by atoms with E-state index in [9.17, 15) is 9.59 Å². The molecule has 0 saturated heterocycles. The average Bonchev–Trinajstić information content (AvgIpc) is 2.71. The van der Waals surface area contributed by atoms with Crippen LogP contribution in [0.5, 0.6) is 17.2 Å². The minimum atomic E-state index is -1.09. The summed E-state index contributed by atoms with van der Waals surface area (Å²) >= 11 is 0. The maximum Gasteiger partial charge on any atom is 0.341 e. The van der Waals surface area contributed by atoms with Crippen molar-refractivity contribution < 1.29 is 28.9 Å². The van der Waals surface area contributed by atoms with Gasteiger partial charge in [0.05, 0.1) is 13.3 Å². The smallest absolute Gasteiger partial charge is 0.341 e. The SMILES string of the molecule is C=CCOc1ccc(C(=O)N/N=C/c2ccccc2OCC(=O)O)cc1OC. The van der Waals surface area contributed by atoms with Crippen molar-refractivity contribution in [3.8, 4) is 17.2 Å². The number of rotatable bonds is 10. The first-order chi connectivity index (χ1) is 13.5. The topological polar surface area (TPSA) is 106 Å². The molecule has 2 rings (SSSR count). The molecule has 2 N–H and O–H groups in total. The molecule has 0 saturated carbocycles. The van der Waals surface area contributed by atoms with Crippen molar-refractivity contribution in [2.45, 2.75) is 0 Å². The molecule has 2 aromatic carbocycles. The van der Waals surface area contributed by atoms with Crippen molar-refractivity contribution in [2.75, 3.05) is 20.3 Å². The molecule has 0 aliphatic rings. The minimum absolute atomic E-state index is 0.315. The van der Waals surface area contributed by atoms with E-state index in [1.807, 2.05) is 0 Å². The number of hydrazone groups is 1. The number of carboxylic acid groups (broad SMARTS) is 1. The van der Waals surface area contributed by atoms with E-state index in [4.69, 9.17) is 19.3 Å². The molecule has 28 heavy (non-hydrogen) atoms. The average molecular weight is 384 g/mol. The molecule has 0 unspecified atom stereocenters. The number of benzene rings is 2. The molecular formula is C20H20N2O6. The first kappa shape index (κ1) is 20.5. The number of ether oxygens (including phenoxy) is 3. The Hall–Kier alpha value is -3.81. The van der Waals surface area contributed by atoms with Gasteiger partial charge in [-0.2, -0.15) is 5.10 Å². The molecule has 8 nitrogen and oxygen atoms in total. The van der Waals surface area contributed by atoms with E-state index >= 15 is 0 Å². The van der Waals surface area contributed by atoms with E-state index in [0.29, 0.717) is 35.0 Å². The van der Waals surface area contributed by atoms with Crippen molar-refractivity contribution >= 4 is 18.1 Å². The van der Waals surface area contributed by atoms with Crippen molar-refractivity contribution in [1.29, 1.82) is 0 Å². The summed E-state index contributed by atoms with van der Waals surface area (Å²) in [6.07, 6.45) is 2.97. The third kappa shape index (κ3) is 5.87. The number of aliphatic carboxylic acids is 1. The van der Waals surface area contributed by atoms with Crippen LogP contribution in [0.15, 0.2) is 60.2 Å². The highest BCUT2D eigenvalue weighted by atomic mass is 16.5. The van der Waals surface area contributed by atoms with Crippen LogP contribution >= 0.6 is 0 Å². The first-order valence-corrected chi connectivity index (χ1v) is 8.24. The lowest BCUT2D eigenvalue weighted by atomic mass is 10.2. The van der Waals surface area contributed by atoms with Gasteiger partial charge in [0.15, 0.2) is 18.1 Å². The number of carboxylic acids is 1. The molecule has 0 aliphatic carbocycles. The molecule has 0 aromatic heterocycles. The van der Waals surface area contributed by atoms with Crippen molar-refractivity contribution in [3.63, 3.8) is 0 Å². The number of nitrogens with one attached hydrogen (secondary N) is 1. The van der Waals surface area contributed by atoms with Crippen LogP contribution in [0.25, 0.3) is 0 Å². The van der Waals surface area contributed by atoms with Crippen LogP contribution in [0.4, 0.5) is 0 Å². The quantitative estimate of drug-likeness (QED) is 0.370. The number of hydrogen-bond donors (Lipinski definition) is 2. The zero-order chi connectivity index (χ0) is 20.4. The lowest BCUT2D eigenvalue weighted by molar-refractivity contribution is -0.139. The Bertz CT molecular complexity index is 879. The summed E-state index contributed by atoms with van der Waals surface area (Å²) in [4.78, 5) is 22.9. The highest BCUT2D eigenvalue weighted by molar-refractivity contribution is 5.95. The number of para-hydroxylation sites is 1. The predicted octanol–water partition coefficient (Wildman–Crippen LogP) is 2.49. The molecule has 0 spiro atoms. The summed E-state index contributed by atoms with van der Waals surface area (Å²) in [7, 11) is 1.48.